The minimum Gasteiger partial charge on any atom is -0.456 e. The highest BCUT2D eigenvalue weighted by molar-refractivity contribution is 5.80. The molecule has 0 aromatic heterocycles. The van der Waals surface area contributed by atoms with E-state index in [0.717, 1.165) is 25.7 Å². The molecule has 4 nitrogen and oxygen atoms in total. The number of esters is 1. The number of hydrogen-bond acceptors (Lipinski definition) is 4. The number of carbonyl (C=O) groups is 1. The van der Waals surface area contributed by atoms with E-state index >= 15 is 0 Å². The molecule has 80 valence electrons. The van der Waals surface area contributed by atoms with Gasteiger partial charge in [-0.05, 0) is 12.8 Å². The highest BCUT2D eigenvalue weighted by Gasteiger charge is 2.39. The van der Waals surface area contributed by atoms with Crippen molar-refractivity contribution in [1.82, 2.24) is 0 Å². The Bertz CT molecular complexity index is 219. The van der Waals surface area contributed by atoms with E-state index in [1.54, 1.807) is 0 Å². The van der Waals surface area contributed by atoms with Crippen molar-refractivity contribution in [2.75, 3.05) is 13.2 Å². The minimum absolute atomic E-state index is 0.0511. The van der Waals surface area contributed by atoms with Gasteiger partial charge in [0.15, 0.2) is 0 Å². The summed E-state index contributed by atoms with van der Waals surface area (Å²) < 4.78 is 10.2. The highest BCUT2D eigenvalue weighted by atomic mass is 16.6. The van der Waals surface area contributed by atoms with Crippen LogP contribution in [0.15, 0.2) is 0 Å². The van der Waals surface area contributed by atoms with Crippen molar-refractivity contribution < 1.29 is 14.3 Å². The molecular weight excluding hydrogens is 182 g/mol. The van der Waals surface area contributed by atoms with Gasteiger partial charge >= 0.3 is 5.97 Å². The van der Waals surface area contributed by atoms with Gasteiger partial charge in [-0.15, -0.1) is 0 Å². The predicted molar refractivity (Wildman–Crippen MR) is 50.7 cm³/mol. The fraction of sp³-hybridized carbons (Fsp3) is 0.900. The number of nitrogens with two attached hydrogens (primary N) is 1. The topological polar surface area (TPSA) is 61.6 Å². The largest absolute Gasteiger partial charge is 0.456 e. The van der Waals surface area contributed by atoms with Crippen molar-refractivity contribution >= 4 is 5.97 Å². The van der Waals surface area contributed by atoms with Gasteiger partial charge in [-0.3, -0.25) is 4.79 Å². The van der Waals surface area contributed by atoms with Gasteiger partial charge in [-0.25, -0.2) is 0 Å². The van der Waals surface area contributed by atoms with E-state index in [1.165, 1.54) is 6.42 Å². The van der Waals surface area contributed by atoms with Crippen molar-refractivity contribution in [2.45, 2.75) is 43.7 Å². The molecule has 0 unspecified atom stereocenters. The summed E-state index contributed by atoms with van der Waals surface area (Å²) in [6, 6.07) is 0. The van der Waals surface area contributed by atoms with Crippen LogP contribution >= 0.6 is 0 Å². The number of rotatable bonds is 2. The van der Waals surface area contributed by atoms with Gasteiger partial charge in [0, 0.05) is 0 Å². The van der Waals surface area contributed by atoms with E-state index in [4.69, 9.17) is 15.2 Å². The molecule has 1 saturated carbocycles. The minimum atomic E-state index is -0.714. The Kier molecular flexibility index (Phi) is 2.74. The Labute approximate surface area is 83.7 Å². The first-order chi connectivity index (χ1) is 6.71. The summed E-state index contributed by atoms with van der Waals surface area (Å²) in [5.74, 6) is -0.231. The average molecular weight is 199 g/mol. The lowest BCUT2D eigenvalue weighted by molar-refractivity contribution is -0.179. The smallest absolute Gasteiger partial charge is 0.326 e. The summed E-state index contributed by atoms with van der Waals surface area (Å²) in [7, 11) is 0. The second-order valence-electron chi connectivity index (χ2n) is 4.28. The number of carbonyl (C=O) groups excluding carboxylic acids is 1. The Morgan fingerprint density at radius 1 is 1.29 bits per heavy atom. The molecule has 2 rings (SSSR count). The fourth-order valence-corrected chi connectivity index (χ4v) is 1.94. The van der Waals surface area contributed by atoms with Crippen LogP contribution in [0.25, 0.3) is 0 Å². The van der Waals surface area contributed by atoms with Gasteiger partial charge < -0.3 is 15.2 Å². The Morgan fingerprint density at radius 2 is 1.93 bits per heavy atom. The maximum absolute atomic E-state index is 11.7. The lowest BCUT2D eigenvalue weighted by Crippen LogP contribution is -2.53. The zero-order chi connectivity index (χ0) is 10.0. The lowest BCUT2D eigenvalue weighted by atomic mass is 9.82. The summed E-state index contributed by atoms with van der Waals surface area (Å²) in [5.41, 5.74) is 5.30. The summed E-state index contributed by atoms with van der Waals surface area (Å²) in [5, 5.41) is 0. The third-order valence-corrected chi connectivity index (χ3v) is 3.03. The molecule has 1 heterocycles. The van der Waals surface area contributed by atoms with Crippen LogP contribution in [0.2, 0.25) is 0 Å². The van der Waals surface area contributed by atoms with Crippen molar-refractivity contribution in [3.63, 3.8) is 0 Å². The first-order valence-electron chi connectivity index (χ1n) is 5.28. The zero-order valence-electron chi connectivity index (χ0n) is 8.33. The monoisotopic (exact) mass is 199 g/mol. The molecular formula is C10H17NO3. The third-order valence-electron chi connectivity index (χ3n) is 3.03. The van der Waals surface area contributed by atoms with Crippen LogP contribution in [0.4, 0.5) is 0 Å². The van der Waals surface area contributed by atoms with Gasteiger partial charge in [-0.1, -0.05) is 19.3 Å². The number of ether oxygens (including phenoxy) is 2. The molecule has 0 aromatic rings. The molecule has 2 aliphatic rings. The van der Waals surface area contributed by atoms with Crippen molar-refractivity contribution in [1.29, 1.82) is 0 Å². The Morgan fingerprint density at radius 3 is 2.43 bits per heavy atom. The maximum atomic E-state index is 11.7. The standard InChI is InChI=1S/C10H17NO3/c11-10(4-2-1-3-5-10)9(12)14-8-6-13-7-8/h8H,1-7,11H2. The molecule has 1 saturated heterocycles. The molecule has 0 amide bonds. The SMILES string of the molecule is NC1(C(=O)OC2COC2)CCCCC1. The molecule has 0 spiro atoms. The molecule has 2 fully saturated rings. The Hall–Kier alpha value is -0.610. The Balaban J connectivity index is 1.87. The van der Waals surface area contributed by atoms with Crippen LogP contribution < -0.4 is 5.73 Å². The summed E-state index contributed by atoms with van der Waals surface area (Å²) in [4.78, 5) is 11.7. The third kappa shape index (κ3) is 1.91. The molecule has 1 aliphatic carbocycles. The van der Waals surface area contributed by atoms with E-state index < -0.39 is 5.54 Å². The molecule has 0 atom stereocenters. The van der Waals surface area contributed by atoms with Gasteiger partial charge in [0.05, 0.1) is 13.2 Å². The maximum Gasteiger partial charge on any atom is 0.326 e. The fourth-order valence-electron chi connectivity index (χ4n) is 1.94. The molecule has 0 radical (unpaired) electrons. The van der Waals surface area contributed by atoms with E-state index in [0.29, 0.717) is 13.2 Å². The lowest BCUT2D eigenvalue weighted by Gasteiger charge is -2.34. The van der Waals surface area contributed by atoms with Gasteiger partial charge in [-0.2, -0.15) is 0 Å². The summed E-state index contributed by atoms with van der Waals surface area (Å²) in [6.07, 6.45) is 4.72. The van der Waals surface area contributed by atoms with Crippen LogP contribution in [0.1, 0.15) is 32.1 Å². The van der Waals surface area contributed by atoms with Crippen LogP contribution in [0.5, 0.6) is 0 Å². The molecule has 4 heteroatoms. The molecule has 0 bridgehead atoms. The predicted octanol–water partition coefficient (Wildman–Crippen LogP) is 0.590. The average Bonchev–Trinajstić information content (AvgIpc) is 2.12. The van der Waals surface area contributed by atoms with Crippen LogP contribution in [-0.4, -0.2) is 30.8 Å². The highest BCUT2D eigenvalue weighted by Crippen LogP contribution is 2.27. The van der Waals surface area contributed by atoms with E-state index in [-0.39, 0.29) is 12.1 Å². The van der Waals surface area contributed by atoms with E-state index in [1.807, 2.05) is 0 Å². The van der Waals surface area contributed by atoms with Gasteiger partial charge in [0.1, 0.15) is 11.6 Å². The molecule has 2 N–H and O–H groups in total. The second kappa shape index (κ2) is 3.87. The second-order valence-corrected chi connectivity index (χ2v) is 4.28. The molecule has 14 heavy (non-hydrogen) atoms. The van der Waals surface area contributed by atoms with Crippen molar-refractivity contribution in [3.05, 3.63) is 0 Å². The van der Waals surface area contributed by atoms with Crippen LogP contribution in [0, 0.1) is 0 Å². The van der Waals surface area contributed by atoms with E-state index in [9.17, 15) is 4.79 Å². The summed E-state index contributed by atoms with van der Waals surface area (Å²) >= 11 is 0. The normalized spacial score (nSPS) is 26.6. The first kappa shape index (κ1) is 9.93. The molecule has 1 aliphatic heterocycles. The number of hydrogen-bond donors (Lipinski definition) is 1. The van der Waals surface area contributed by atoms with Crippen molar-refractivity contribution in [3.8, 4) is 0 Å². The van der Waals surface area contributed by atoms with Gasteiger partial charge in [0.25, 0.3) is 0 Å². The van der Waals surface area contributed by atoms with Crippen LogP contribution in [-0.2, 0) is 14.3 Å². The summed E-state index contributed by atoms with van der Waals surface area (Å²) in [6.45, 7) is 1.06. The first-order valence-corrected chi connectivity index (χ1v) is 5.28. The quantitative estimate of drug-likeness (QED) is 0.661. The molecule has 0 aromatic carbocycles. The van der Waals surface area contributed by atoms with E-state index in [2.05, 4.69) is 0 Å². The zero-order valence-corrected chi connectivity index (χ0v) is 8.33. The van der Waals surface area contributed by atoms with Crippen molar-refractivity contribution in [2.24, 2.45) is 5.73 Å². The van der Waals surface area contributed by atoms with Crippen LogP contribution in [0.3, 0.4) is 0 Å². The van der Waals surface area contributed by atoms with Gasteiger partial charge in [0.2, 0.25) is 0 Å².